The predicted octanol–water partition coefficient (Wildman–Crippen LogP) is 2.14. The number of aliphatic hydroxyl groups is 1. The van der Waals surface area contributed by atoms with Gasteiger partial charge in [-0.3, -0.25) is 4.79 Å². The Morgan fingerprint density at radius 1 is 1.15 bits per heavy atom. The van der Waals surface area contributed by atoms with Crippen molar-refractivity contribution >= 4 is 15.9 Å². The lowest BCUT2D eigenvalue weighted by molar-refractivity contribution is -0.132. The molecule has 0 aliphatic carbocycles. The number of nitrogens with zero attached hydrogens (tertiary/aromatic N) is 3. The van der Waals surface area contributed by atoms with Gasteiger partial charge in [-0.15, -0.1) is 0 Å². The van der Waals surface area contributed by atoms with Crippen molar-refractivity contribution in [2.24, 2.45) is 5.92 Å². The Labute approximate surface area is 202 Å². The lowest BCUT2D eigenvalue weighted by Gasteiger charge is -2.37. The molecule has 0 bridgehead atoms. The summed E-state index contributed by atoms with van der Waals surface area (Å²) in [7, 11) is 1.49. The second-order valence-corrected chi connectivity index (χ2v) is 11.1. The van der Waals surface area contributed by atoms with Crippen molar-refractivity contribution < 1.29 is 23.1 Å². The van der Waals surface area contributed by atoms with Crippen LogP contribution in [-0.4, -0.2) is 93.1 Å². The molecule has 1 heterocycles. The molecule has 3 rings (SSSR count). The molecule has 1 aliphatic rings. The molecule has 34 heavy (non-hydrogen) atoms. The summed E-state index contributed by atoms with van der Waals surface area (Å²) < 4.78 is 34.9. The van der Waals surface area contributed by atoms with E-state index in [-0.39, 0.29) is 42.2 Å². The molecule has 0 saturated heterocycles. The molecule has 186 valence electrons. The van der Waals surface area contributed by atoms with E-state index in [0.29, 0.717) is 6.54 Å². The summed E-state index contributed by atoms with van der Waals surface area (Å²) in [6, 6.07) is 14.2. The molecule has 3 atom stereocenters. The van der Waals surface area contributed by atoms with Crippen LogP contribution in [0.2, 0.25) is 0 Å². The van der Waals surface area contributed by atoms with Crippen molar-refractivity contribution in [3.8, 4) is 16.9 Å². The van der Waals surface area contributed by atoms with Gasteiger partial charge in [0.15, 0.2) is 0 Å². The molecular weight excluding hydrogens is 454 g/mol. The Morgan fingerprint density at radius 2 is 1.82 bits per heavy atom. The van der Waals surface area contributed by atoms with Crippen LogP contribution in [0.4, 0.5) is 0 Å². The van der Waals surface area contributed by atoms with E-state index in [2.05, 4.69) is 0 Å². The van der Waals surface area contributed by atoms with E-state index in [0.717, 1.165) is 11.1 Å². The number of amides is 1. The Kier molecular flexibility index (Phi) is 8.35. The minimum absolute atomic E-state index is 0.0469. The molecule has 1 amide bonds. The normalized spacial score (nSPS) is 21.1. The third-order valence-electron chi connectivity index (χ3n) is 6.11. The molecule has 9 heteroatoms. The summed E-state index contributed by atoms with van der Waals surface area (Å²) in [5.74, 6) is -0.0252. The molecule has 0 unspecified atom stereocenters. The highest BCUT2D eigenvalue weighted by atomic mass is 32.2. The standard InChI is InChI=1S/C25H35N3O5S/c1-18-14-28(19(2)17-29)34(31,32)24-12-11-21(20-9-7-6-8-10-20)13-22(24)33-23(18)15-27(5)25(30)16-26(3)4/h6-13,18-19,23,29H,14-17H2,1-5H3/t18-,19-,23+/m0/s1. The second-order valence-electron chi connectivity index (χ2n) is 9.28. The molecule has 1 N–H and O–H groups in total. The fraction of sp³-hybridized carbons (Fsp3) is 0.480. The van der Waals surface area contributed by atoms with E-state index in [1.165, 1.54) is 4.31 Å². The van der Waals surface area contributed by atoms with E-state index in [4.69, 9.17) is 4.74 Å². The smallest absolute Gasteiger partial charge is 0.247 e. The Balaban J connectivity index is 2.06. The van der Waals surface area contributed by atoms with Gasteiger partial charge in [0.25, 0.3) is 0 Å². The van der Waals surface area contributed by atoms with Crippen LogP contribution in [0.5, 0.6) is 5.75 Å². The SMILES string of the molecule is C[C@H]1CN([C@@H](C)CO)S(=O)(=O)c2ccc(-c3ccccc3)cc2O[C@@H]1CN(C)C(=O)CN(C)C. The molecule has 0 radical (unpaired) electrons. The first-order chi connectivity index (χ1) is 16.0. The number of sulfonamides is 1. The predicted molar refractivity (Wildman–Crippen MR) is 132 cm³/mol. The van der Waals surface area contributed by atoms with Gasteiger partial charge in [0.2, 0.25) is 15.9 Å². The van der Waals surface area contributed by atoms with Crippen molar-refractivity contribution in [2.45, 2.75) is 30.9 Å². The number of likely N-dealkylation sites (N-methyl/N-ethyl adjacent to an activating group) is 2. The van der Waals surface area contributed by atoms with Gasteiger partial charge in [-0.1, -0.05) is 43.3 Å². The molecule has 2 aromatic rings. The molecule has 2 aromatic carbocycles. The quantitative estimate of drug-likeness (QED) is 0.641. The van der Waals surface area contributed by atoms with Crippen molar-refractivity contribution in [3.05, 3.63) is 48.5 Å². The van der Waals surface area contributed by atoms with Gasteiger partial charge in [0.1, 0.15) is 16.7 Å². The zero-order valence-corrected chi connectivity index (χ0v) is 21.3. The highest BCUT2D eigenvalue weighted by Gasteiger charge is 2.38. The van der Waals surface area contributed by atoms with Crippen molar-refractivity contribution in [3.63, 3.8) is 0 Å². The zero-order valence-electron chi connectivity index (χ0n) is 20.5. The van der Waals surface area contributed by atoms with E-state index < -0.39 is 22.2 Å². The Morgan fingerprint density at radius 3 is 2.44 bits per heavy atom. The topological polar surface area (TPSA) is 90.4 Å². The lowest BCUT2D eigenvalue weighted by Crippen LogP contribution is -2.50. The molecule has 0 saturated carbocycles. The first kappa shape index (κ1) is 26.2. The molecule has 0 fully saturated rings. The number of ether oxygens (including phenoxy) is 1. The van der Waals surface area contributed by atoms with Crippen LogP contribution < -0.4 is 4.74 Å². The van der Waals surface area contributed by atoms with E-state index in [1.54, 1.807) is 42.0 Å². The van der Waals surface area contributed by atoms with Gasteiger partial charge in [-0.05, 0) is 44.3 Å². The first-order valence-electron chi connectivity index (χ1n) is 11.4. The van der Waals surface area contributed by atoms with Crippen LogP contribution in [-0.2, 0) is 14.8 Å². The van der Waals surface area contributed by atoms with E-state index in [9.17, 15) is 18.3 Å². The van der Waals surface area contributed by atoms with E-state index >= 15 is 0 Å². The monoisotopic (exact) mass is 489 g/mol. The number of rotatable bonds is 7. The van der Waals surface area contributed by atoms with E-state index in [1.807, 2.05) is 51.4 Å². The molecule has 1 aliphatic heterocycles. The van der Waals surface area contributed by atoms with Crippen molar-refractivity contribution in [2.75, 3.05) is 47.4 Å². The van der Waals surface area contributed by atoms with Crippen LogP contribution in [0, 0.1) is 5.92 Å². The number of carbonyl (C=O) groups is 1. The number of fused-ring (bicyclic) bond motifs is 1. The summed E-state index contributed by atoms with van der Waals surface area (Å²) in [5, 5.41) is 9.78. The molecular formula is C25H35N3O5S. The molecule has 0 aromatic heterocycles. The first-order valence-corrected chi connectivity index (χ1v) is 12.9. The maximum absolute atomic E-state index is 13.6. The Bertz CT molecular complexity index is 1090. The largest absolute Gasteiger partial charge is 0.487 e. The molecule has 8 nitrogen and oxygen atoms in total. The van der Waals surface area contributed by atoms with Gasteiger partial charge < -0.3 is 19.6 Å². The number of hydrogen-bond acceptors (Lipinski definition) is 6. The number of aliphatic hydroxyl groups excluding tert-OH is 1. The third kappa shape index (κ3) is 5.78. The summed E-state index contributed by atoms with van der Waals surface area (Å²) >= 11 is 0. The zero-order chi connectivity index (χ0) is 25.0. The molecule has 0 spiro atoms. The van der Waals surface area contributed by atoms with Crippen LogP contribution in [0.1, 0.15) is 13.8 Å². The van der Waals surface area contributed by atoms with Crippen LogP contribution >= 0.6 is 0 Å². The van der Waals surface area contributed by atoms with Crippen LogP contribution in [0.25, 0.3) is 11.1 Å². The minimum Gasteiger partial charge on any atom is -0.487 e. The van der Waals surface area contributed by atoms with Crippen LogP contribution in [0.3, 0.4) is 0 Å². The van der Waals surface area contributed by atoms with Crippen molar-refractivity contribution in [1.82, 2.24) is 14.1 Å². The van der Waals surface area contributed by atoms with Gasteiger partial charge in [0.05, 0.1) is 19.7 Å². The third-order valence-corrected chi connectivity index (χ3v) is 8.12. The fourth-order valence-corrected chi connectivity index (χ4v) is 5.84. The summed E-state index contributed by atoms with van der Waals surface area (Å²) in [4.78, 5) is 16.1. The summed E-state index contributed by atoms with van der Waals surface area (Å²) in [6.45, 7) is 4.05. The maximum atomic E-state index is 13.6. The maximum Gasteiger partial charge on any atom is 0.247 e. The fourth-order valence-electron chi connectivity index (χ4n) is 4.02. The average molecular weight is 490 g/mol. The summed E-state index contributed by atoms with van der Waals surface area (Å²) in [6.07, 6.45) is -0.440. The Hall–Kier alpha value is -2.46. The van der Waals surface area contributed by atoms with Crippen LogP contribution in [0.15, 0.2) is 53.4 Å². The number of benzene rings is 2. The van der Waals surface area contributed by atoms with Gasteiger partial charge in [-0.25, -0.2) is 8.42 Å². The highest BCUT2D eigenvalue weighted by molar-refractivity contribution is 7.89. The van der Waals surface area contributed by atoms with Gasteiger partial charge in [-0.2, -0.15) is 4.31 Å². The lowest BCUT2D eigenvalue weighted by atomic mass is 10.0. The minimum atomic E-state index is -3.91. The highest BCUT2D eigenvalue weighted by Crippen LogP contribution is 2.36. The van der Waals surface area contributed by atoms with Gasteiger partial charge >= 0.3 is 0 Å². The average Bonchev–Trinajstić information content (AvgIpc) is 2.80. The number of carbonyl (C=O) groups excluding carboxylic acids is 1. The summed E-state index contributed by atoms with van der Waals surface area (Å²) in [5.41, 5.74) is 1.78. The van der Waals surface area contributed by atoms with Gasteiger partial charge in [0, 0.05) is 25.6 Å². The second kappa shape index (κ2) is 10.9. The van der Waals surface area contributed by atoms with Crippen molar-refractivity contribution in [1.29, 1.82) is 0 Å². The number of hydrogen-bond donors (Lipinski definition) is 1.